The Kier molecular flexibility index (Phi) is 7.84. The van der Waals surface area contributed by atoms with Gasteiger partial charge in [-0.1, -0.05) is 42.6 Å². The van der Waals surface area contributed by atoms with Crippen LogP contribution in [0.5, 0.6) is 0 Å². The number of carbonyl (C=O) groups excluding carboxylic acids is 2. The van der Waals surface area contributed by atoms with Crippen molar-refractivity contribution in [2.75, 3.05) is 12.4 Å². The number of hydrogen-bond donors (Lipinski definition) is 2. The molecule has 0 bridgehead atoms. The number of para-hydroxylation sites is 1. The second-order valence-electron chi connectivity index (χ2n) is 8.03. The van der Waals surface area contributed by atoms with Crippen LogP contribution in [0.25, 0.3) is 0 Å². The van der Waals surface area contributed by atoms with Crippen molar-refractivity contribution in [3.05, 3.63) is 30.3 Å². The van der Waals surface area contributed by atoms with E-state index in [1.54, 1.807) is 31.0 Å². The SMILES string of the molecule is C/C(CC(C)(C)N(C)C(=O)NC1CCCCC1)=N/OC(=O)Nc1ccccc1. The molecule has 28 heavy (non-hydrogen) atoms. The van der Waals surface area contributed by atoms with E-state index >= 15 is 0 Å². The van der Waals surface area contributed by atoms with Gasteiger partial charge in [0.05, 0.1) is 5.71 Å². The number of oxime groups is 1. The summed E-state index contributed by atoms with van der Waals surface area (Å²) in [6.07, 6.45) is 5.53. The normalized spacial score (nSPS) is 15.6. The first-order valence-corrected chi connectivity index (χ1v) is 9.89. The highest BCUT2D eigenvalue weighted by molar-refractivity contribution is 5.87. The molecule has 0 spiro atoms. The molecule has 2 rings (SSSR count). The van der Waals surface area contributed by atoms with Crippen LogP contribution in [0.1, 0.15) is 59.3 Å². The van der Waals surface area contributed by atoms with Crippen molar-refractivity contribution in [1.82, 2.24) is 10.2 Å². The average molecular weight is 389 g/mol. The van der Waals surface area contributed by atoms with Crippen LogP contribution >= 0.6 is 0 Å². The Hall–Kier alpha value is -2.57. The predicted octanol–water partition coefficient (Wildman–Crippen LogP) is 4.75. The smallest absolute Gasteiger partial charge is 0.335 e. The number of benzene rings is 1. The van der Waals surface area contributed by atoms with Crippen molar-refractivity contribution in [3.8, 4) is 0 Å². The second kappa shape index (κ2) is 10.1. The quantitative estimate of drug-likeness (QED) is 0.419. The highest BCUT2D eigenvalue weighted by atomic mass is 16.7. The summed E-state index contributed by atoms with van der Waals surface area (Å²) in [6, 6.07) is 9.22. The van der Waals surface area contributed by atoms with E-state index in [0.29, 0.717) is 17.8 Å². The van der Waals surface area contributed by atoms with Gasteiger partial charge in [0.15, 0.2) is 0 Å². The molecule has 0 heterocycles. The monoisotopic (exact) mass is 388 g/mol. The highest BCUT2D eigenvalue weighted by Gasteiger charge is 2.30. The molecule has 1 saturated carbocycles. The molecule has 7 nitrogen and oxygen atoms in total. The lowest BCUT2D eigenvalue weighted by Gasteiger charge is -2.37. The first-order valence-electron chi connectivity index (χ1n) is 9.89. The van der Waals surface area contributed by atoms with Crippen molar-refractivity contribution in [2.24, 2.45) is 5.16 Å². The van der Waals surface area contributed by atoms with Gasteiger partial charge in [-0.25, -0.2) is 9.59 Å². The fourth-order valence-corrected chi connectivity index (χ4v) is 3.35. The van der Waals surface area contributed by atoms with Gasteiger partial charge in [-0.3, -0.25) is 10.2 Å². The molecule has 7 heteroatoms. The Morgan fingerprint density at radius 1 is 1.18 bits per heavy atom. The maximum absolute atomic E-state index is 12.6. The third-order valence-corrected chi connectivity index (χ3v) is 5.14. The maximum atomic E-state index is 12.6. The fourth-order valence-electron chi connectivity index (χ4n) is 3.35. The van der Waals surface area contributed by atoms with E-state index in [9.17, 15) is 9.59 Å². The van der Waals surface area contributed by atoms with Gasteiger partial charge in [0.2, 0.25) is 0 Å². The topological polar surface area (TPSA) is 83.0 Å². The average Bonchev–Trinajstić information content (AvgIpc) is 2.67. The summed E-state index contributed by atoms with van der Waals surface area (Å²) < 4.78 is 0. The zero-order valence-electron chi connectivity index (χ0n) is 17.3. The second-order valence-corrected chi connectivity index (χ2v) is 8.03. The first kappa shape index (κ1) is 21.7. The lowest BCUT2D eigenvalue weighted by Crippen LogP contribution is -2.52. The Bertz CT molecular complexity index is 682. The van der Waals surface area contributed by atoms with Gasteiger partial charge in [0, 0.05) is 30.7 Å². The summed E-state index contributed by atoms with van der Waals surface area (Å²) in [5.74, 6) is 0. The Morgan fingerprint density at radius 3 is 2.46 bits per heavy atom. The largest absolute Gasteiger partial charge is 0.437 e. The van der Waals surface area contributed by atoms with Crippen molar-refractivity contribution in [2.45, 2.75) is 70.9 Å². The molecular formula is C21H32N4O3. The van der Waals surface area contributed by atoms with Gasteiger partial charge in [0.1, 0.15) is 0 Å². The van der Waals surface area contributed by atoms with Crippen molar-refractivity contribution in [1.29, 1.82) is 0 Å². The standard InChI is InChI=1S/C21H32N4O3/c1-16(24-28-20(27)23-18-13-9-6-10-14-18)15-21(2,3)25(4)19(26)22-17-11-7-5-8-12-17/h6,9-10,13-14,17H,5,7-8,11-12,15H2,1-4H3,(H,22,26)(H,23,27)/b24-16-. The molecule has 1 aliphatic rings. The van der Waals surface area contributed by atoms with E-state index in [4.69, 9.17) is 4.84 Å². The van der Waals surface area contributed by atoms with E-state index in [0.717, 1.165) is 12.8 Å². The minimum atomic E-state index is -0.647. The number of anilines is 1. The molecule has 0 atom stereocenters. The number of carbonyl (C=O) groups is 2. The van der Waals surface area contributed by atoms with E-state index < -0.39 is 11.6 Å². The third kappa shape index (κ3) is 6.87. The molecule has 0 aromatic heterocycles. The molecule has 0 radical (unpaired) electrons. The third-order valence-electron chi connectivity index (χ3n) is 5.14. The van der Waals surface area contributed by atoms with Gasteiger partial charge in [-0.05, 0) is 45.7 Å². The molecule has 1 aliphatic carbocycles. The van der Waals surface area contributed by atoms with E-state index in [1.165, 1.54) is 19.3 Å². The lowest BCUT2D eigenvalue weighted by atomic mass is 9.94. The van der Waals surface area contributed by atoms with Gasteiger partial charge in [-0.15, -0.1) is 0 Å². The molecule has 0 aliphatic heterocycles. The zero-order valence-corrected chi connectivity index (χ0v) is 17.3. The van der Waals surface area contributed by atoms with Crippen LogP contribution in [0, 0.1) is 0 Å². The van der Waals surface area contributed by atoms with E-state index in [2.05, 4.69) is 15.8 Å². The van der Waals surface area contributed by atoms with Crippen molar-refractivity contribution in [3.63, 3.8) is 0 Å². The summed E-state index contributed by atoms with van der Waals surface area (Å²) in [7, 11) is 1.79. The summed E-state index contributed by atoms with van der Waals surface area (Å²) in [5.41, 5.74) is 0.802. The van der Waals surface area contributed by atoms with Crippen LogP contribution < -0.4 is 10.6 Å². The number of rotatable bonds is 6. The summed E-state index contributed by atoms with van der Waals surface area (Å²) >= 11 is 0. The zero-order chi connectivity index (χ0) is 20.6. The summed E-state index contributed by atoms with van der Waals surface area (Å²) in [5, 5.41) is 9.64. The van der Waals surface area contributed by atoms with Gasteiger partial charge in [-0.2, -0.15) is 0 Å². The molecule has 3 amide bonds. The van der Waals surface area contributed by atoms with Crippen molar-refractivity contribution < 1.29 is 14.4 Å². The number of nitrogens with zero attached hydrogens (tertiary/aromatic N) is 2. The van der Waals surface area contributed by atoms with Gasteiger partial charge in [0.25, 0.3) is 0 Å². The molecule has 154 valence electrons. The molecule has 0 saturated heterocycles. The number of urea groups is 1. The number of amides is 3. The summed E-state index contributed by atoms with van der Waals surface area (Å²) in [6.45, 7) is 5.72. The Morgan fingerprint density at radius 2 is 1.82 bits per heavy atom. The number of hydrogen-bond acceptors (Lipinski definition) is 4. The van der Waals surface area contributed by atoms with Crippen LogP contribution in [0.3, 0.4) is 0 Å². The Labute approximate surface area is 167 Å². The van der Waals surface area contributed by atoms with E-state index in [1.807, 2.05) is 32.0 Å². The molecule has 1 fully saturated rings. The first-order chi connectivity index (χ1) is 13.3. The molecule has 2 N–H and O–H groups in total. The molecular weight excluding hydrogens is 356 g/mol. The minimum Gasteiger partial charge on any atom is -0.335 e. The fraction of sp³-hybridized carbons (Fsp3) is 0.571. The highest BCUT2D eigenvalue weighted by Crippen LogP contribution is 2.21. The maximum Gasteiger partial charge on any atom is 0.437 e. The van der Waals surface area contributed by atoms with Gasteiger partial charge < -0.3 is 10.2 Å². The van der Waals surface area contributed by atoms with Gasteiger partial charge >= 0.3 is 12.1 Å². The summed E-state index contributed by atoms with van der Waals surface area (Å²) in [4.78, 5) is 31.1. The Balaban J connectivity index is 1.83. The molecule has 0 unspecified atom stereocenters. The molecule has 1 aromatic rings. The van der Waals surface area contributed by atoms with Crippen LogP contribution in [-0.2, 0) is 4.84 Å². The van der Waals surface area contributed by atoms with Crippen LogP contribution in [-0.4, -0.2) is 41.4 Å². The van der Waals surface area contributed by atoms with Crippen LogP contribution in [0.15, 0.2) is 35.5 Å². The van der Waals surface area contributed by atoms with Crippen LogP contribution in [0.4, 0.5) is 15.3 Å². The predicted molar refractivity (Wildman–Crippen MR) is 112 cm³/mol. The van der Waals surface area contributed by atoms with Crippen molar-refractivity contribution >= 4 is 23.5 Å². The molecule has 1 aromatic carbocycles. The van der Waals surface area contributed by atoms with Crippen LogP contribution in [0.2, 0.25) is 0 Å². The number of nitrogens with one attached hydrogen (secondary N) is 2. The minimum absolute atomic E-state index is 0.0764. The lowest BCUT2D eigenvalue weighted by molar-refractivity contribution is 0.150. The van der Waals surface area contributed by atoms with E-state index in [-0.39, 0.29) is 12.1 Å².